The van der Waals surface area contributed by atoms with E-state index in [2.05, 4.69) is 15.0 Å². The molecule has 5 nitrogen and oxygen atoms in total. The van der Waals surface area contributed by atoms with Crippen LogP contribution in [0.25, 0.3) is 0 Å². The maximum Gasteiger partial charge on any atom is 0.298 e. The Morgan fingerprint density at radius 3 is 2.62 bits per heavy atom. The Morgan fingerprint density at radius 2 is 2.04 bits per heavy atom. The summed E-state index contributed by atoms with van der Waals surface area (Å²) in [5.74, 6) is -0.337. The second-order valence-corrected chi connectivity index (χ2v) is 6.11. The van der Waals surface area contributed by atoms with Gasteiger partial charge in [0.1, 0.15) is 11.4 Å². The molecule has 1 unspecified atom stereocenters. The summed E-state index contributed by atoms with van der Waals surface area (Å²) in [5, 5.41) is 6.33. The minimum Gasteiger partial charge on any atom is -0.481 e. The zero-order chi connectivity index (χ0) is 17.9. The van der Waals surface area contributed by atoms with Gasteiger partial charge in [-0.15, -0.1) is 0 Å². The molecule has 0 bridgehead atoms. The normalized spacial score (nSPS) is 13.0. The van der Waals surface area contributed by atoms with Crippen molar-refractivity contribution >= 4 is 5.91 Å². The summed E-state index contributed by atoms with van der Waals surface area (Å²) >= 11 is 0. The topological polar surface area (TPSA) is 64.4 Å². The van der Waals surface area contributed by atoms with Gasteiger partial charge in [-0.3, -0.25) is 4.79 Å². The van der Waals surface area contributed by atoms with Gasteiger partial charge in [0.15, 0.2) is 6.10 Å². The van der Waals surface area contributed by atoms with E-state index in [4.69, 9.17) is 4.74 Å². The summed E-state index contributed by atoms with van der Waals surface area (Å²) in [6.45, 7) is 6.84. The largest absolute Gasteiger partial charge is 0.481 e. The van der Waals surface area contributed by atoms with Crippen LogP contribution in [0.4, 0.5) is 8.78 Å². The Morgan fingerprint density at radius 1 is 1.33 bits per heavy atom. The molecule has 1 amide bonds. The van der Waals surface area contributed by atoms with Crippen molar-refractivity contribution in [1.82, 2.24) is 10.5 Å². The summed E-state index contributed by atoms with van der Waals surface area (Å²) < 4.78 is 35.4. The molecule has 2 aromatic rings. The van der Waals surface area contributed by atoms with Crippen molar-refractivity contribution in [3.8, 4) is 5.75 Å². The molecule has 0 aliphatic rings. The molecule has 0 fully saturated rings. The lowest BCUT2D eigenvalue weighted by Gasteiger charge is -2.26. The van der Waals surface area contributed by atoms with Crippen LogP contribution < -0.4 is 10.1 Å². The highest BCUT2D eigenvalue weighted by Crippen LogP contribution is 2.25. The van der Waals surface area contributed by atoms with Gasteiger partial charge in [0.2, 0.25) is 5.76 Å². The highest BCUT2D eigenvalue weighted by molar-refractivity contribution is 5.81. The molecule has 1 N–H and O–H groups in total. The lowest BCUT2D eigenvalue weighted by molar-refractivity contribution is -0.129. The van der Waals surface area contributed by atoms with Gasteiger partial charge in [0.25, 0.3) is 12.3 Å². The Bertz CT molecular complexity index is 713. The standard InChI is InChI=1S/C17H20F2N2O3/c1-10-6-5-7-12(8-10)23-11(2)16(22)20-17(3,4)14-9-13(15(18)19)24-21-14/h5-9,11,15H,1-4H3,(H,20,22). The summed E-state index contributed by atoms with van der Waals surface area (Å²) in [6, 6.07) is 8.47. The van der Waals surface area contributed by atoms with Crippen molar-refractivity contribution in [2.24, 2.45) is 0 Å². The predicted octanol–water partition coefficient (Wildman–Crippen LogP) is 3.74. The van der Waals surface area contributed by atoms with Crippen LogP contribution in [0, 0.1) is 6.92 Å². The number of amides is 1. The number of aryl methyl sites for hydroxylation is 1. The number of ether oxygens (including phenoxy) is 1. The molecule has 1 heterocycles. The Hall–Kier alpha value is -2.44. The van der Waals surface area contributed by atoms with Crippen LogP contribution in [0.15, 0.2) is 34.9 Å². The third kappa shape index (κ3) is 4.31. The number of aromatic nitrogens is 1. The number of rotatable bonds is 6. The minimum atomic E-state index is -2.75. The summed E-state index contributed by atoms with van der Waals surface area (Å²) in [4.78, 5) is 12.3. The van der Waals surface area contributed by atoms with E-state index in [1.807, 2.05) is 25.1 Å². The number of nitrogens with one attached hydrogen (secondary N) is 1. The summed E-state index contributed by atoms with van der Waals surface area (Å²) in [5.41, 5.74) is 0.259. The van der Waals surface area contributed by atoms with E-state index < -0.39 is 23.8 Å². The van der Waals surface area contributed by atoms with Crippen LogP contribution in [0.5, 0.6) is 5.75 Å². The first-order valence-corrected chi connectivity index (χ1v) is 7.49. The molecule has 7 heteroatoms. The van der Waals surface area contributed by atoms with Gasteiger partial charge in [-0.25, -0.2) is 8.78 Å². The smallest absolute Gasteiger partial charge is 0.298 e. The van der Waals surface area contributed by atoms with Crippen molar-refractivity contribution in [3.05, 3.63) is 47.3 Å². The van der Waals surface area contributed by atoms with E-state index in [0.717, 1.165) is 11.6 Å². The number of benzene rings is 1. The van der Waals surface area contributed by atoms with Gasteiger partial charge in [0.05, 0.1) is 5.54 Å². The number of halogens is 2. The number of alkyl halides is 2. The van der Waals surface area contributed by atoms with Crippen LogP contribution in [0.2, 0.25) is 0 Å². The van der Waals surface area contributed by atoms with Crippen molar-refractivity contribution < 1.29 is 22.8 Å². The first kappa shape index (κ1) is 17.9. The fourth-order valence-electron chi connectivity index (χ4n) is 2.11. The fraction of sp³-hybridized carbons (Fsp3) is 0.412. The molecule has 0 spiro atoms. The molecule has 0 aliphatic heterocycles. The third-order valence-corrected chi connectivity index (χ3v) is 3.49. The number of carbonyl (C=O) groups excluding carboxylic acids is 1. The van der Waals surface area contributed by atoms with Crippen LogP contribution >= 0.6 is 0 Å². The zero-order valence-corrected chi connectivity index (χ0v) is 14.0. The molecule has 0 radical (unpaired) electrons. The average Bonchev–Trinajstić information content (AvgIpc) is 2.97. The molecule has 130 valence electrons. The molecule has 24 heavy (non-hydrogen) atoms. The van der Waals surface area contributed by atoms with Crippen LogP contribution in [-0.2, 0) is 10.3 Å². The quantitative estimate of drug-likeness (QED) is 0.871. The summed E-state index contributed by atoms with van der Waals surface area (Å²) in [7, 11) is 0. The van der Waals surface area contributed by atoms with Crippen molar-refractivity contribution in [1.29, 1.82) is 0 Å². The van der Waals surface area contributed by atoms with Gasteiger partial charge in [-0.05, 0) is 45.4 Å². The molecule has 1 aromatic carbocycles. The second-order valence-electron chi connectivity index (χ2n) is 6.11. The lowest BCUT2D eigenvalue weighted by Crippen LogP contribution is -2.46. The van der Waals surface area contributed by atoms with Gasteiger partial charge < -0.3 is 14.6 Å². The highest BCUT2D eigenvalue weighted by Gasteiger charge is 2.30. The van der Waals surface area contributed by atoms with E-state index in [1.165, 1.54) is 0 Å². The van der Waals surface area contributed by atoms with E-state index in [9.17, 15) is 13.6 Å². The number of carbonyl (C=O) groups is 1. The molecule has 2 rings (SSSR count). The lowest BCUT2D eigenvalue weighted by atomic mass is 10.00. The monoisotopic (exact) mass is 338 g/mol. The van der Waals surface area contributed by atoms with Gasteiger partial charge in [0, 0.05) is 6.07 Å². The highest BCUT2D eigenvalue weighted by atomic mass is 19.3. The molecular formula is C17H20F2N2O3. The first-order valence-electron chi connectivity index (χ1n) is 7.49. The molecular weight excluding hydrogens is 318 g/mol. The van der Waals surface area contributed by atoms with Gasteiger partial charge in [-0.1, -0.05) is 17.3 Å². The van der Waals surface area contributed by atoms with Crippen LogP contribution in [-0.4, -0.2) is 17.2 Å². The average molecular weight is 338 g/mol. The molecule has 0 saturated carbocycles. The first-order chi connectivity index (χ1) is 11.2. The van der Waals surface area contributed by atoms with Crippen molar-refractivity contribution in [2.75, 3.05) is 0 Å². The predicted molar refractivity (Wildman–Crippen MR) is 83.9 cm³/mol. The van der Waals surface area contributed by atoms with Crippen molar-refractivity contribution in [2.45, 2.75) is 45.8 Å². The Labute approximate surface area is 139 Å². The number of hydrogen-bond acceptors (Lipinski definition) is 4. The van der Waals surface area contributed by atoms with Crippen LogP contribution in [0.1, 0.15) is 44.2 Å². The zero-order valence-electron chi connectivity index (χ0n) is 14.0. The maximum atomic E-state index is 12.6. The van der Waals surface area contributed by atoms with E-state index >= 15 is 0 Å². The van der Waals surface area contributed by atoms with E-state index in [1.54, 1.807) is 26.8 Å². The van der Waals surface area contributed by atoms with Crippen molar-refractivity contribution in [3.63, 3.8) is 0 Å². The number of nitrogens with zero attached hydrogens (tertiary/aromatic N) is 1. The molecule has 0 saturated heterocycles. The summed E-state index contributed by atoms with van der Waals surface area (Å²) in [6.07, 6.45) is -3.51. The van der Waals surface area contributed by atoms with Crippen LogP contribution in [0.3, 0.4) is 0 Å². The van der Waals surface area contributed by atoms with Gasteiger partial charge in [-0.2, -0.15) is 0 Å². The van der Waals surface area contributed by atoms with Gasteiger partial charge >= 0.3 is 0 Å². The maximum absolute atomic E-state index is 12.6. The van der Waals surface area contributed by atoms with E-state index in [0.29, 0.717) is 5.75 Å². The third-order valence-electron chi connectivity index (χ3n) is 3.49. The van der Waals surface area contributed by atoms with E-state index in [-0.39, 0.29) is 11.6 Å². The Balaban J connectivity index is 2.03. The SMILES string of the molecule is Cc1cccc(OC(C)C(=O)NC(C)(C)c2cc(C(F)F)on2)c1. The fourth-order valence-corrected chi connectivity index (χ4v) is 2.11. The second kappa shape index (κ2) is 6.98. The molecule has 1 aromatic heterocycles. The molecule has 0 aliphatic carbocycles. The molecule has 1 atom stereocenters. The number of hydrogen-bond donors (Lipinski definition) is 1. The minimum absolute atomic E-state index is 0.217. The Kier molecular flexibility index (Phi) is 5.21.